The average molecular weight is 687 g/mol. The van der Waals surface area contributed by atoms with Gasteiger partial charge in [0.1, 0.15) is 34.9 Å². The van der Waals surface area contributed by atoms with Gasteiger partial charge in [0.15, 0.2) is 14.5 Å². The highest BCUT2D eigenvalue weighted by Gasteiger charge is 2.68. The van der Waals surface area contributed by atoms with E-state index in [9.17, 15) is 9.59 Å². The van der Waals surface area contributed by atoms with Crippen molar-refractivity contribution in [2.45, 2.75) is 81.6 Å². The van der Waals surface area contributed by atoms with E-state index in [0.717, 1.165) is 28.2 Å². The van der Waals surface area contributed by atoms with E-state index in [1.54, 1.807) is 14.2 Å². The molecule has 4 aromatic rings. The van der Waals surface area contributed by atoms with E-state index in [4.69, 9.17) is 28.1 Å². The SMILES string of the molecule is COc1ccc(C(O[C@@H](C)[C@@]23CO[C@@H]([C@H](n4ccc(=O)[nH]c4=O)O2)[C@@H]3O[Si](C)(C)C(C)(C)C)(c2ccccc2)c2ccc(OC)cc2)cc1. The minimum atomic E-state index is -2.42. The Kier molecular flexibility index (Phi) is 9.27. The smallest absolute Gasteiger partial charge is 0.330 e. The van der Waals surface area contributed by atoms with Gasteiger partial charge < -0.3 is 28.1 Å². The molecule has 5 atom stereocenters. The minimum Gasteiger partial charge on any atom is -0.497 e. The summed E-state index contributed by atoms with van der Waals surface area (Å²) in [5.41, 5.74) is -0.690. The number of methoxy groups -OCH3 is 2. The Morgan fingerprint density at radius 2 is 1.41 bits per heavy atom. The Morgan fingerprint density at radius 1 is 0.857 bits per heavy atom. The topological polar surface area (TPSA) is 110 Å². The van der Waals surface area contributed by atoms with E-state index in [2.05, 4.69) is 51.0 Å². The van der Waals surface area contributed by atoms with Crippen LogP contribution in [-0.2, 0) is 24.2 Å². The number of hydrogen-bond donors (Lipinski definition) is 1. The second kappa shape index (κ2) is 13.0. The van der Waals surface area contributed by atoms with Crippen molar-refractivity contribution >= 4 is 8.32 Å². The molecule has 49 heavy (non-hydrogen) atoms. The highest BCUT2D eigenvalue weighted by atomic mass is 28.4. The van der Waals surface area contributed by atoms with E-state index in [0.29, 0.717) is 0 Å². The maximum absolute atomic E-state index is 13.1. The molecular weight excluding hydrogens is 641 g/mol. The molecule has 0 spiro atoms. The zero-order valence-corrected chi connectivity index (χ0v) is 30.4. The van der Waals surface area contributed by atoms with E-state index in [-0.39, 0.29) is 11.6 Å². The molecule has 3 aromatic carbocycles. The first-order chi connectivity index (χ1) is 23.3. The average Bonchev–Trinajstić information content (AvgIpc) is 3.59. The molecule has 0 aliphatic carbocycles. The van der Waals surface area contributed by atoms with Crippen LogP contribution in [-0.4, -0.2) is 62.6 Å². The molecule has 2 aliphatic rings. The molecule has 11 heteroatoms. The summed E-state index contributed by atoms with van der Waals surface area (Å²) in [6, 6.07) is 27.1. The Bertz CT molecular complexity index is 1820. The summed E-state index contributed by atoms with van der Waals surface area (Å²) in [5, 5.41) is -0.120. The van der Waals surface area contributed by atoms with Crippen LogP contribution in [0.5, 0.6) is 11.5 Å². The fraction of sp³-hybridized carbons (Fsp3) is 0.421. The number of fused-ring (bicyclic) bond motifs is 2. The van der Waals surface area contributed by atoms with Crippen molar-refractivity contribution in [2.24, 2.45) is 0 Å². The van der Waals surface area contributed by atoms with Gasteiger partial charge in [0.05, 0.1) is 26.9 Å². The molecule has 1 N–H and O–H groups in total. The van der Waals surface area contributed by atoms with Crippen LogP contribution in [0.3, 0.4) is 0 Å². The van der Waals surface area contributed by atoms with Gasteiger partial charge in [-0.3, -0.25) is 14.3 Å². The summed E-state index contributed by atoms with van der Waals surface area (Å²) >= 11 is 0. The Labute approximate surface area is 288 Å². The van der Waals surface area contributed by atoms with Crippen LogP contribution >= 0.6 is 0 Å². The number of nitrogens with one attached hydrogen (secondary N) is 1. The first-order valence-corrected chi connectivity index (χ1v) is 19.5. The number of nitrogens with zero attached hydrogens (tertiary/aromatic N) is 1. The predicted molar refractivity (Wildman–Crippen MR) is 189 cm³/mol. The third kappa shape index (κ3) is 6.08. The van der Waals surface area contributed by atoms with Crippen LogP contribution < -0.4 is 20.7 Å². The van der Waals surface area contributed by atoms with Gasteiger partial charge in [0.2, 0.25) is 0 Å². The quantitative estimate of drug-likeness (QED) is 0.151. The summed E-state index contributed by atoms with van der Waals surface area (Å²) in [7, 11) is 0.861. The van der Waals surface area contributed by atoms with E-state index < -0.39 is 55.3 Å². The lowest BCUT2D eigenvalue weighted by molar-refractivity contribution is -0.230. The van der Waals surface area contributed by atoms with Crippen molar-refractivity contribution in [1.29, 1.82) is 0 Å². The zero-order chi connectivity index (χ0) is 35.2. The largest absolute Gasteiger partial charge is 0.497 e. The van der Waals surface area contributed by atoms with Crippen LogP contribution in [0.15, 0.2) is 101 Å². The van der Waals surface area contributed by atoms with Crippen LogP contribution in [0.4, 0.5) is 0 Å². The fourth-order valence-electron chi connectivity index (χ4n) is 6.64. The normalized spacial score (nSPS) is 23.0. The lowest BCUT2D eigenvalue weighted by atomic mass is 9.79. The standard InChI is InChI=1S/C38H46N2O8Si/c1-25(37-24-45-32(33(37)48-49(7,8)36(2,3)4)34(47-37)40-23-22-31(41)39-35(40)42)46-38(26-12-10-9-11-13-26,27-14-18-29(43-5)19-15-27)28-16-20-30(44-6)21-17-28/h9-23,25,32-34H,24H2,1-8H3,(H,39,41,42)/t25-,32+,33-,34+,37+/m0/s1. The van der Waals surface area contributed by atoms with Crippen molar-refractivity contribution in [3.8, 4) is 11.5 Å². The van der Waals surface area contributed by atoms with Crippen molar-refractivity contribution < 1.29 is 28.1 Å². The van der Waals surface area contributed by atoms with Crippen molar-refractivity contribution in [3.05, 3.63) is 129 Å². The molecule has 10 nitrogen and oxygen atoms in total. The van der Waals surface area contributed by atoms with Gasteiger partial charge in [-0.25, -0.2) is 4.79 Å². The van der Waals surface area contributed by atoms with Gasteiger partial charge in [0, 0.05) is 12.3 Å². The van der Waals surface area contributed by atoms with Gasteiger partial charge in [0.25, 0.3) is 5.56 Å². The summed E-state index contributed by atoms with van der Waals surface area (Å²) < 4.78 is 40.6. The third-order valence-corrected chi connectivity index (χ3v) is 14.9. The van der Waals surface area contributed by atoms with Gasteiger partial charge in [-0.05, 0) is 66.0 Å². The Hall–Kier alpha value is -4.00. The predicted octanol–water partition coefficient (Wildman–Crippen LogP) is 6.01. The summed E-state index contributed by atoms with van der Waals surface area (Å²) in [6.07, 6.45) is -1.27. The lowest BCUT2D eigenvalue weighted by Gasteiger charge is -2.46. The van der Waals surface area contributed by atoms with Gasteiger partial charge >= 0.3 is 5.69 Å². The van der Waals surface area contributed by atoms with Gasteiger partial charge in [-0.15, -0.1) is 0 Å². The van der Waals surface area contributed by atoms with Crippen molar-refractivity contribution in [3.63, 3.8) is 0 Å². The first kappa shape index (κ1) is 34.8. The molecule has 2 bridgehead atoms. The second-order valence-corrected chi connectivity index (χ2v) is 19.1. The molecular formula is C38H46N2O8Si. The summed E-state index contributed by atoms with van der Waals surface area (Å²) in [6.45, 7) is 13.1. The second-order valence-electron chi connectivity index (χ2n) is 14.3. The van der Waals surface area contributed by atoms with Crippen LogP contribution in [0, 0.1) is 0 Å². The summed E-state index contributed by atoms with van der Waals surface area (Å²) in [5.74, 6) is 1.44. The monoisotopic (exact) mass is 686 g/mol. The maximum Gasteiger partial charge on any atom is 0.330 e. The van der Waals surface area contributed by atoms with Crippen molar-refractivity contribution in [2.75, 3.05) is 20.8 Å². The van der Waals surface area contributed by atoms with E-state index in [1.807, 2.05) is 73.7 Å². The molecule has 0 unspecified atom stereocenters. The molecule has 2 saturated heterocycles. The van der Waals surface area contributed by atoms with Gasteiger partial charge in [-0.1, -0.05) is 75.4 Å². The molecule has 260 valence electrons. The van der Waals surface area contributed by atoms with Crippen LogP contribution in [0.1, 0.15) is 50.6 Å². The van der Waals surface area contributed by atoms with E-state index >= 15 is 0 Å². The zero-order valence-electron chi connectivity index (χ0n) is 29.4. The number of aromatic amines is 1. The highest BCUT2D eigenvalue weighted by Crippen LogP contribution is 2.53. The summed E-state index contributed by atoms with van der Waals surface area (Å²) in [4.78, 5) is 27.5. The van der Waals surface area contributed by atoms with Crippen molar-refractivity contribution in [1.82, 2.24) is 9.55 Å². The molecule has 1 aromatic heterocycles. The van der Waals surface area contributed by atoms with Gasteiger partial charge in [-0.2, -0.15) is 0 Å². The molecule has 0 radical (unpaired) electrons. The molecule has 0 amide bonds. The molecule has 0 saturated carbocycles. The number of H-pyrrole nitrogens is 1. The van der Waals surface area contributed by atoms with Crippen LogP contribution in [0.25, 0.3) is 0 Å². The number of aromatic nitrogens is 2. The maximum atomic E-state index is 13.1. The molecule has 6 rings (SSSR count). The Morgan fingerprint density at radius 3 is 1.92 bits per heavy atom. The molecule has 3 heterocycles. The minimum absolute atomic E-state index is 0.120. The number of benzene rings is 3. The van der Waals surface area contributed by atoms with E-state index in [1.165, 1.54) is 16.8 Å². The number of ether oxygens (including phenoxy) is 5. The number of rotatable bonds is 11. The van der Waals surface area contributed by atoms with Crippen LogP contribution in [0.2, 0.25) is 18.1 Å². The fourth-order valence-corrected chi connectivity index (χ4v) is 7.96. The number of hydrogen-bond acceptors (Lipinski definition) is 8. The molecule has 2 aliphatic heterocycles. The first-order valence-electron chi connectivity index (χ1n) is 16.6. The highest BCUT2D eigenvalue weighted by molar-refractivity contribution is 6.74. The Balaban J connectivity index is 1.53. The lowest BCUT2D eigenvalue weighted by Crippen LogP contribution is -2.58. The molecule has 2 fully saturated rings. The third-order valence-electron chi connectivity index (χ3n) is 10.5.